The topological polar surface area (TPSA) is 74.9 Å². The lowest BCUT2D eigenvalue weighted by atomic mass is 10.2. The average Bonchev–Trinajstić information content (AvgIpc) is 2.72. The van der Waals surface area contributed by atoms with Crippen LogP contribution in [-0.2, 0) is 6.42 Å². The first kappa shape index (κ1) is 19.9. The number of nitrogens with zero attached hydrogens (tertiary/aromatic N) is 3. The van der Waals surface area contributed by atoms with Gasteiger partial charge in [0.15, 0.2) is 11.5 Å². The van der Waals surface area contributed by atoms with Gasteiger partial charge in [0, 0.05) is 22.5 Å². The van der Waals surface area contributed by atoms with Crippen LogP contribution in [0.15, 0.2) is 44.7 Å². The maximum Gasteiger partial charge on any atom is 0.282 e. The van der Waals surface area contributed by atoms with Gasteiger partial charge in [-0.2, -0.15) is 9.78 Å². The molecule has 2 aromatic carbocycles. The summed E-state index contributed by atoms with van der Waals surface area (Å²) in [5.41, 5.74) is 1.04. The van der Waals surface area contributed by atoms with E-state index in [9.17, 15) is 4.79 Å². The zero-order valence-corrected chi connectivity index (χ0v) is 17.6. The van der Waals surface area contributed by atoms with E-state index in [0.29, 0.717) is 46.0 Å². The standard InChI is InChI=1S/C20H20BrN3O4/c1-5-19-23-15-7-6-13(21)9-14(15)20(25)24(19)22-11-12-8-17(27-3)18(28-4)10-16(12)26-2/h6-11H,5H2,1-4H3. The number of methoxy groups -OCH3 is 3. The molecule has 3 rings (SSSR count). The number of aromatic nitrogens is 2. The molecular weight excluding hydrogens is 426 g/mol. The largest absolute Gasteiger partial charge is 0.496 e. The molecule has 0 aliphatic heterocycles. The van der Waals surface area contributed by atoms with Crippen molar-refractivity contribution in [2.45, 2.75) is 13.3 Å². The summed E-state index contributed by atoms with van der Waals surface area (Å²) >= 11 is 3.39. The molecule has 0 amide bonds. The van der Waals surface area contributed by atoms with Crippen molar-refractivity contribution in [3.05, 3.63) is 56.5 Å². The predicted molar refractivity (Wildman–Crippen MR) is 112 cm³/mol. The zero-order chi connectivity index (χ0) is 20.3. The van der Waals surface area contributed by atoms with E-state index in [1.54, 1.807) is 45.7 Å². The summed E-state index contributed by atoms with van der Waals surface area (Å²) < 4.78 is 18.2. The molecule has 0 aliphatic carbocycles. The van der Waals surface area contributed by atoms with Crippen molar-refractivity contribution in [1.82, 2.24) is 9.66 Å². The number of hydrogen-bond acceptors (Lipinski definition) is 6. The molecule has 0 radical (unpaired) electrons. The van der Waals surface area contributed by atoms with Crippen LogP contribution in [0.1, 0.15) is 18.3 Å². The molecule has 0 aliphatic rings. The monoisotopic (exact) mass is 445 g/mol. The summed E-state index contributed by atoms with van der Waals surface area (Å²) in [7, 11) is 4.66. The molecule has 0 saturated carbocycles. The molecule has 7 nitrogen and oxygen atoms in total. The number of benzene rings is 2. The highest BCUT2D eigenvalue weighted by atomic mass is 79.9. The second kappa shape index (κ2) is 8.43. The molecule has 3 aromatic rings. The molecule has 1 heterocycles. The van der Waals surface area contributed by atoms with E-state index in [4.69, 9.17) is 14.2 Å². The van der Waals surface area contributed by atoms with Crippen molar-refractivity contribution in [3.63, 3.8) is 0 Å². The number of hydrogen-bond donors (Lipinski definition) is 0. The smallest absolute Gasteiger partial charge is 0.282 e. The lowest BCUT2D eigenvalue weighted by Gasteiger charge is -2.12. The van der Waals surface area contributed by atoms with Gasteiger partial charge in [0.25, 0.3) is 5.56 Å². The minimum atomic E-state index is -0.237. The highest BCUT2D eigenvalue weighted by Crippen LogP contribution is 2.33. The Morgan fingerprint density at radius 1 is 1.07 bits per heavy atom. The van der Waals surface area contributed by atoms with Crippen molar-refractivity contribution < 1.29 is 14.2 Å². The Kier molecular flexibility index (Phi) is 5.99. The van der Waals surface area contributed by atoms with Crippen molar-refractivity contribution in [1.29, 1.82) is 0 Å². The number of ether oxygens (including phenoxy) is 3. The first-order valence-corrected chi connectivity index (χ1v) is 9.37. The number of fused-ring (bicyclic) bond motifs is 1. The van der Waals surface area contributed by atoms with Gasteiger partial charge in [-0.05, 0) is 24.3 Å². The summed E-state index contributed by atoms with van der Waals surface area (Å²) in [4.78, 5) is 17.5. The highest BCUT2D eigenvalue weighted by Gasteiger charge is 2.12. The van der Waals surface area contributed by atoms with E-state index in [1.807, 2.05) is 19.1 Å². The van der Waals surface area contributed by atoms with Gasteiger partial charge in [0.2, 0.25) is 0 Å². The maximum atomic E-state index is 13.0. The molecule has 0 unspecified atom stereocenters. The van der Waals surface area contributed by atoms with Crippen LogP contribution in [-0.4, -0.2) is 37.2 Å². The summed E-state index contributed by atoms with van der Waals surface area (Å²) in [6.07, 6.45) is 2.11. The van der Waals surface area contributed by atoms with Gasteiger partial charge < -0.3 is 14.2 Å². The molecule has 0 atom stereocenters. The minimum absolute atomic E-state index is 0.237. The van der Waals surface area contributed by atoms with Crippen LogP contribution in [0.3, 0.4) is 0 Å². The first-order chi connectivity index (χ1) is 13.5. The minimum Gasteiger partial charge on any atom is -0.496 e. The Morgan fingerprint density at radius 3 is 2.39 bits per heavy atom. The van der Waals surface area contributed by atoms with Crippen LogP contribution in [0.2, 0.25) is 0 Å². The molecule has 0 bridgehead atoms. The van der Waals surface area contributed by atoms with Crippen LogP contribution in [0, 0.1) is 0 Å². The third-order valence-electron chi connectivity index (χ3n) is 4.24. The van der Waals surface area contributed by atoms with E-state index in [-0.39, 0.29) is 5.56 Å². The maximum absolute atomic E-state index is 13.0. The number of rotatable bonds is 6. The molecule has 28 heavy (non-hydrogen) atoms. The van der Waals surface area contributed by atoms with Gasteiger partial charge in [-0.25, -0.2) is 4.98 Å². The van der Waals surface area contributed by atoms with Gasteiger partial charge in [0.05, 0.1) is 38.4 Å². The molecule has 1 aromatic heterocycles. The van der Waals surface area contributed by atoms with E-state index in [1.165, 1.54) is 4.68 Å². The van der Waals surface area contributed by atoms with Crippen LogP contribution >= 0.6 is 15.9 Å². The molecular formula is C20H20BrN3O4. The molecule has 0 saturated heterocycles. The van der Waals surface area contributed by atoms with Gasteiger partial charge >= 0.3 is 0 Å². The second-order valence-electron chi connectivity index (χ2n) is 5.85. The lowest BCUT2D eigenvalue weighted by Crippen LogP contribution is -2.22. The van der Waals surface area contributed by atoms with E-state index < -0.39 is 0 Å². The fourth-order valence-corrected chi connectivity index (χ4v) is 3.18. The Bertz CT molecular complexity index is 1110. The Morgan fingerprint density at radius 2 is 1.75 bits per heavy atom. The predicted octanol–water partition coefficient (Wildman–Crippen LogP) is 3.63. The summed E-state index contributed by atoms with van der Waals surface area (Å²) in [5.74, 6) is 2.19. The van der Waals surface area contributed by atoms with Crippen molar-refractivity contribution in [2.75, 3.05) is 21.3 Å². The lowest BCUT2D eigenvalue weighted by molar-refractivity contribution is 0.349. The average molecular weight is 446 g/mol. The fourth-order valence-electron chi connectivity index (χ4n) is 2.82. The van der Waals surface area contributed by atoms with E-state index in [2.05, 4.69) is 26.0 Å². The Balaban J connectivity index is 2.15. The van der Waals surface area contributed by atoms with Gasteiger partial charge in [0.1, 0.15) is 11.6 Å². The van der Waals surface area contributed by atoms with Crippen molar-refractivity contribution in [2.24, 2.45) is 5.10 Å². The van der Waals surface area contributed by atoms with E-state index >= 15 is 0 Å². The molecule has 0 spiro atoms. The molecule has 0 fully saturated rings. The van der Waals surface area contributed by atoms with Crippen LogP contribution in [0.5, 0.6) is 17.2 Å². The zero-order valence-electron chi connectivity index (χ0n) is 16.0. The third kappa shape index (κ3) is 3.73. The van der Waals surface area contributed by atoms with Crippen molar-refractivity contribution >= 4 is 33.0 Å². The quantitative estimate of drug-likeness (QED) is 0.541. The third-order valence-corrected chi connectivity index (χ3v) is 4.73. The first-order valence-electron chi connectivity index (χ1n) is 8.57. The Hall–Kier alpha value is -2.87. The number of halogens is 1. The molecule has 8 heteroatoms. The van der Waals surface area contributed by atoms with Crippen LogP contribution in [0.25, 0.3) is 10.9 Å². The second-order valence-corrected chi connectivity index (χ2v) is 6.77. The summed E-state index contributed by atoms with van der Waals surface area (Å²) in [6.45, 7) is 1.93. The SMILES string of the molecule is CCc1nc2ccc(Br)cc2c(=O)n1N=Cc1cc(OC)c(OC)cc1OC. The van der Waals surface area contributed by atoms with Crippen LogP contribution < -0.4 is 19.8 Å². The highest BCUT2D eigenvalue weighted by molar-refractivity contribution is 9.10. The van der Waals surface area contributed by atoms with Crippen molar-refractivity contribution in [3.8, 4) is 17.2 Å². The number of aryl methyl sites for hydroxylation is 1. The molecule has 0 N–H and O–H groups in total. The summed E-state index contributed by atoms with van der Waals surface area (Å²) in [6, 6.07) is 8.86. The summed E-state index contributed by atoms with van der Waals surface area (Å²) in [5, 5.41) is 4.88. The van der Waals surface area contributed by atoms with E-state index in [0.717, 1.165) is 4.47 Å². The normalized spacial score (nSPS) is 11.2. The van der Waals surface area contributed by atoms with Gasteiger partial charge in [-0.15, -0.1) is 0 Å². The van der Waals surface area contributed by atoms with Gasteiger partial charge in [-0.3, -0.25) is 4.79 Å². The van der Waals surface area contributed by atoms with Gasteiger partial charge in [-0.1, -0.05) is 22.9 Å². The molecule has 146 valence electrons. The van der Waals surface area contributed by atoms with Crippen LogP contribution in [0.4, 0.5) is 0 Å². The Labute approximate surface area is 170 Å². The fraction of sp³-hybridized carbons (Fsp3) is 0.250.